The van der Waals surface area contributed by atoms with Crippen molar-refractivity contribution >= 4 is 0 Å². The van der Waals surface area contributed by atoms with E-state index in [0.717, 1.165) is 25.1 Å². The van der Waals surface area contributed by atoms with E-state index in [0.29, 0.717) is 6.10 Å². The molecule has 2 saturated heterocycles. The highest BCUT2D eigenvalue weighted by molar-refractivity contribution is 4.83. The van der Waals surface area contributed by atoms with E-state index in [9.17, 15) is 0 Å². The van der Waals surface area contributed by atoms with Crippen LogP contribution in [0.5, 0.6) is 0 Å². The molecule has 3 heteroatoms. The normalized spacial score (nSPS) is 37.4. The number of piperidine rings is 1. The van der Waals surface area contributed by atoms with Crippen molar-refractivity contribution in [3.63, 3.8) is 0 Å². The molecule has 3 nitrogen and oxygen atoms in total. The zero-order valence-corrected chi connectivity index (χ0v) is 10.0. The molecule has 2 aliphatic heterocycles. The Balaban J connectivity index is 1.80. The summed E-state index contributed by atoms with van der Waals surface area (Å²) in [6, 6.07) is 0.746. The third kappa shape index (κ3) is 2.92. The standard InChI is InChI=1S/C12H24N2O/c1-10-8-13-6-5-12(10)14(2)9-11-4-3-7-15-11/h10-13H,3-9H2,1-2H3. The van der Waals surface area contributed by atoms with Crippen molar-refractivity contribution in [3.05, 3.63) is 0 Å². The van der Waals surface area contributed by atoms with Crippen LogP contribution in [-0.2, 0) is 4.74 Å². The van der Waals surface area contributed by atoms with Gasteiger partial charge in [-0.1, -0.05) is 6.92 Å². The van der Waals surface area contributed by atoms with Crippen molar-refractivity contribution < 1.29 is 4.74 Å². The number of nitrogens with one attached hydrogen (secondary N) is 1. The fourth-order valence-corrected chi connectivity index (χ4v) is 2.90. The lowest BCUT2D eigenvalue weighted by molar-refractivity contribution is 0.0511. The molecule has 2 rings (SSSR count). The minimum absolute atomic E-state index is 0.497. The molecule has 0 aromatic rings. The van der Waals surface area contributed by atoms with Crippen LogP contribution < -0.4 is 5.32 Å². The maximum atomic E-state index is 5.69. The minimum atomic E-state index is 0.497. The van der Waals surface area contributed by atoms with E-state index >= 15 is 0 Å². The molecule has 2 fully saturated rings. The second kappa shape index (κ2) is 5.28. The molecule has 0 amide bonds. The number of hydrogen-bond donors (Lipinski definition) is 1. The van der Waals surface area contributed by atoms with Gasteiger partial charge in [-0.05, 0) is 45.3 Å². The summed E-state index contributed by atoms with van der Waals surface area (Å²) in [6.45, 7) is 6.78. The van der Waals surface area contributed by atoms with Crippen molar-refractivity contribution in [2.45, 2.75) is 38.3 Å². The maximum absolute atomic E-state index is 5.69. The van der Waals surface area contributed by atoms with Crippen LogP contribution in [0.2, 0.25) is 0 Å². The van der Waals surface area contributed by atoms with Crippen molar-refractivity contribution in [2.24, 2.45) is 5.92 Å². The first-order chi connectivity index (χ1) is 7.27. The number of ether oxygens (including phenoxy) is 1. The SMILES string of the molecule is CC1CNCCC1N(C)CC1CCCO1. The molecule has 0 bridgehead atoms. The Labute approximate surface area is 93.2 Å². The first-order valence-corrected chi connectivity index (χ1v) is 6.30. The lowest BCUT2D eigenvalue weighted by atomic mass is 9.94. The highest BCUT2D eigenvalue weighted by Gasteiger charge is 2.27. The Morgan fingerprint density at radius 1 is 1.40 bits per heavy atom. The molecular formula is C12H24N2O. The summed E-state index contributed by atoms with van der Waals surface area (Å²) in [5.74, 6) is 0.769. The number of hydrogen-bond acceptors (Lipinski definition) is 3. The van der Waals surface area contributed by atoms with Gasteiger partial charge >= 0.3 is 0 Å². The quantitative estimate of drug-likeness (QED) is 0.758. The molecule has 0 aliphatic carbocycles. The molecule has 0 saturated carbocycles. The molecule has 0 aromatic carbocycles. The van der Waals surface area contributed by atoms with E-state index in [1.807, 2.05) is 0 Å². The fourth-order valence-electron chi connectivity index (χ4n) is 2.90. The van der Waals surface area contributed by atoms with Gasteiger partial charge in [0.15, 0.2) is 0 Å². The summed E-state index contributed by atoms with van der Waals surface area (Å²) in [5, 5.41) is 3.46. The van der Waals surface area contributed by atoms with Gasteiger partial charge in [0, 0.05) is 19.2 Å². The Bertz CT molecular complexity index is 192. The Kier molecular flexibility index (Phi) is 4.00. The van der Waals surface area contributed by atoms with Crippen LogP contribution in [-0.4, -0.2) is 50.3 Å². The molecule has 88 valence electrons. The predicted octanol–water partition coefficient (Wildman–Crippen LogP) is 1.10. The largest absolute Gasteiger partial charge is 0.377 e. The van der Waals surface area contributed by atoms with Crippen LogP contribution in [0.1, 0.15) is 26.2 Å². The molecule has 0 aromatic heterocycles. The Hall–Kier alpha value is -0.120. The summed E-state index contributed by atoms with van der Waals surface area (Å²) in [5.41, 5.74) is 0. The van der Waals surface area contributed by atoms with Gasteiger partial charge in [-0.2, -0.15) is 0 Å². The molecule has 0 radical (unpaired) electrons. The van der Waals surface area contributed by atoms with Gasteiger partial charge < -0.3 is 15.0 Å². The maximum Gasteiger partial charge on any atom is 0.0702 e. The predicted molar refractivity (Wildman–Crippen MR) is 62.0 cm³/mol. The van der Waals surface area contributed by atoms with E-state index in [1.54, 1.807) is 0 Å². The van der Waals surface area contributed by atoms with Gasteiger partial charge in [-0.25, -0.2) is 0 Å². The first kappa shape index (κ1) is 11.4. The highest BCUT2D eigenvalue weighted by Crippen LogP contribution is 2.19. The number of likely N-dealkylation sites (N-methyl/N-ethyl adjacent to an activating group) is 1. The van der Waals surface area contributed by atoms with Gasteiger partial charge in [-0.3, -0.25) is 0 Å². The molecule has 0 spiro atoms. The number of rotatable bonds is 3. The van der Waals surface area contributed by atoms with E-state index in [1.165, 1.54) is 32.4 Å². The van der Waals surface area contributed by atoms with Crippen molar-refractivity contribution in [1.29, 1.82) is 0 Å². The van der Waals surface area contributed by atoms with E-state index < -0.39 is 0 Å². The van der Waals surface area contributed by atoms with Crippen LogP contribution in [0.3, 0.4) is 0 Å². The zero-order chi connectivity index (χ0) is 10.7. The van der Waals surface area contributed by atoms with E-state index in [4.69, 9.17) is 4.74 Å². The van der Waals surface area contributed by atoms with Crippen LogP contribution >= 0.6 is 0 Å². The third-order valence-corrected chi connectivity index (χ3v) is 3.82. The molecule has 15 heavy (non-hydrogen) atoms. The third-order valence-electron chi connectivity index (χ3n) is 3.82. The van der Waals surface area contributed by atoms with Gasteiger partial charge in [0.2, 0.25) is 0 Å². The van der Waals surface area contributed by atoms with Crippen LogP contribution in [0.25, 0.3) is 0 Å². The highest BCUT2D eigenvalue weighted by atomic mass is 16.5. The summed E-state index contributed by atoms with van der Waals surface area (Å²) in [6.07, 6.45) is 4.28. The lowest BCUT2D eigenvalue weighted by Crippen LogP contribution is -2.48. The second-order valence-electron chi connectivity index (χ2n) is 5.11. The van der Waals surface area contributed by atoms with Gasteiger partial charge in [-0.15, -0.1) is 0 Å². The minimum Gasteiger partial charge on any atom is -0.377 e. The monoisotopic (exact) mass is 212 g/mol. The number of nitrogens with zero attached hydrogens (tertiary/aromatic N) is 1. The molecule has 3 atom stereocenters. The Morgan fingerprint density at radius 2 is 2.27 bits per heavy atom. The van der Waals surface area contributed by atoms with Crippen molar-refractivity contribution in [2.75, 3.05) is 33.3 Å². The molecule has 1 N–H and O–H groups in total. The van der Waals surface area contributed by atoms with Crippen LogP contribution in [0.4, 0.5) is 0 Å². The van der Waals surface area contributed by atoms with E-state index in [-0.39, 0.29) is 0 Å². The van der Waals surface area contributed by atoms with Gasteiger partial charge in [0.25, 0.3) is 0 Å². The first-order valence-electron chi connectivity index (χ1n) is 6.30. The van der Waals surface area contributed by atoms with Gasteiger partial charge in [0.05, 0.1) is 6.10 Å². The summed E-state index contributed by atoms with van der Waals surface area (Å²) in [4.78, 5) is 2.52. The summed E-state index contributed by atoms with van der Waals surface area (Å²) in [7, 11) is 2.26. The van der Waals surface area contributed by atoms with Crippen LogP contribution in [0, 0.1) is 5.92 Å². The average Bonchev–Trinajstić information content (AvgIpc) is 2.71. The second-order valence-corrected chi connectivity index (χ2v) is 5.11. The molecule has 2 heterocycles. The molecule has 3 unspecified atom stereocenters. The van der Waals surface area contributed by atoms with Crippen molar-refractivity contribution in [1.82, 2.24) is 10.2 Å². The lowest BCUT2D eigenvalue weighted by Gasteiger charge is -2.37. The van der Waals surface area contributed by atoms with Crippen molar-refractivity contribution in [3.8, 4) is 0 Å². The molecular weight excluding hydrogens is 188 g/mol. The summed E-state index contributed by atoms with van der Waals surface area (Å²) >= 11 is 0. The fraction of sp³-hybridized carbons (Fsp3) is 1.00. The van der Waals surface area contributed by atoms with Gasteiger partial charge in [0.1, 0.15) is 0 Å². The zero-order valence-electron chi connectivity index (χ0n) is 10.0. The summed E-state index contributed by atoms with van der Waals surface area (Å²) < 4.78 is 5.69. The molecule has 2 aliphatic rings. The smallest absolute Gasteiger partial charge is 0.0702 e. The van der Waals surface area contributed by atoms with Crippen LogP contribution in [0.15, 0.2) is 0 Å². The topological polar surface area (TPSA) is 24.5 Å². The average molecular weight is 212 g/mol. The Morgan fingerprint density at radius 3 is 2.93 bits per heavy atom. The van der Waals surface area contributed by atoms with E-state index in [2.05, 4.69) is 24.2 Å².